The maximum absolute atomic E-state index is 4.88. The Labute approximate surface area is 38.9 Å². The number of hydrogen-bond donors (Lipinski definition) is 0. The molecule has 6 heavy (non-hydrogen) atoms. The first-order chi connectivity index (χ1) is 2.77. The summed E-state index contributed by atoms with van der Waals surface area (Å²) in [4.78, 5) is 0. The molecule has 0 nitrogen and oxygen atoms in total. The van der Waals surface area contributed by atoms with E-state index in [9.17, 15) is 0 Å². The van der Waals surface area contributed by atoms with Crippen molar-refractivity contribution in [2.24, 2.45) is 0 Å². The van der Waals surface area contributed by atoms with Gasteiger partial charge in [0, 0.05) is 6.42 Å². The van der Waals surface area contributed by atoms with Crippen LogP contribution in [0.25, 0.3) is 0 Å². The molecule has 0 aliphatic rings. The predicted octanol–water partition coefficient (Wildman–Crippen LogP) is 1.40. The van der Waals surface area contributed by atoms with Gasteiger partial charge >= 0.3 is 0 Å². The van der Waals surface area contributed by atoms with Gasteiger partial charge in [-0.2, -0.15) is 0 Å². The zero-order chi connectivity index (χ0) is 4.99. The smallest absolute Gasteiger partial charge is 0.0294 e. The van der Waals surface area contributed by atoms with E-state index in [-0.39, 0.29) is 0 Å². The van der Waals surface area contributed by atoms with Crippen molar-refractivity contribution in [1.82, 2.24) is 0 Å². The highest BCUT2D eigenvalue weighted by Gasteiger charge is 1.72. The van der Waals surface area contributed by atoms with Gasteiger partial charge in [-0.25, -0.2) is 0 Å². The second-order valence-electron chi connectivity index (χ2n) is 1.13. The molecule has 0 aliphatic heterocycles. The molecule has 0 aliphatic carbocycles. The Morgan fingerprint density at radius 1 is 1.83 bits per heavy atom. The maximum atomic E-state index is 4.88. The van der Waals surface area contributed by atoms with Crippen molar-refractivity contribution in [1.29, 1.82) is 0 Å². The minimum atomic E-state index is 0.597. The lowest BCUT2D eigenvalue weighted by Crippen LogP contribution is -1.63. The molecule has 0 atom stereocenters. The van der Waals surface area contributed by atoms with Crippen molar-refractivity contribution in [3.63, 3.8) is 0 Å². The van der Waals surface area contributed by atoms with Gasteiger partial charge in [0.25, 0.3) is 0 Å². The molecule has 0 unspecified atom stereocenters. The van der Waals surface area contributed by atoms with Crippen LogP contribution in [0.5, 0.6) is 0 Å². The Kier molecular flexibility index (Phi) is 2.24. The molecule has 1 radical (unpaired) electrons. The monoisotopic (exact) mass is 79.1 g/mol. The van der Waals surface area contributed by atoms with E-state index in [4.69, 9.17) is 6.42 Å². The van der Waals surface area contributed by atoms with Crippen molar-refractivity contribution >= 4 is 0 Å². The van der Waals surface area contributed by atoms with E-state index in [0.29, 0.717) is 6.42 Å². The van der Waals surface area contributed by atoms with Crippen LogP contribution in [-0.4, -0.2) is 0 Å². The predicted molar refractivity (Wildman–Crippen MR) is 27.9 cm³/mol. The summed E-state index contributed by atoms with van der Waals surface area (Å²) in [6, 6.07) is 0. The van der Waals surface area contributed by atoms with Gasteiger partial charge in [0.2, 0.25) is 0 Å². The van der Waals surface area contributed by atoms with Crippen molar-refractivity contribution in [2.45, 2.75) is 6.42 Å². The van der Waals surface area contributed by atoms with Crippen LogP contribution in [0.15, 0.2) is 12.2 Å². The van der Waals surface area contributed by atoms with Crippen molar-refractivity contribution in [2.75, 3.05) is 0 Å². The minimum Gasteiger partial charge on any atom is -0.120 e. The van der Waals surface area contributed by atoms with Gasteiger partial charge in [-0.05, 0) is 6.92 Å². The Morgan fingerprint density at radius 2 is 2.33 bits per heavy atom. The molecular formula is C6H7. The van der Waals surface area contributed by atoms with Gasteiger partial charge in [-0.1, -0.05) is 12.2 Å². The molecule has 0 aromatic carbocycles. The molecule has 0 amide bonds. The second-order valence-corrected chi connectivity index (χ2v) is 1.13. The van der Waals surface area contributed by atoms with Crippen LogP contribution in [0.2, 0.25) is 0 Å². The van der Waals surface area contributed by atoms with Crippen LogP contribution >= 0.6 is 0 Å². The Hall–Kier alpha value is -0.700. The third kappa shape index (κ3) is 3.30. The van der Waals surface area contributed by atoms with E-state index >= 15 is 0 Å². The van der Waals surface area contributed by atoms with Gasteiger partial charge in [0.05, 0.1) is 0 Å². The maximum Gasteiger partial charge on any atom is 0.0294 e. The fourth-order valence-electron chi connectivity index (χ4n) is 0.144. The largest absolute Gasteiger partial charge is 0.120 e. The van der Waals surface area contributed by atoms with E-state index in [1.807, 2.05) is 0 Å². The first kappa shape index (κ1) is 5.30. The van der Waals surface area contributed by atoms with E-state index in [1.165, 1.54) is 0 Å². The topological polar surface area (TPSA) is 0 Å². The molecule has 31 valence electrons. The highest BCUT2D eigenvalue weighted by atomic mass is 13.8. The number of terminal acetylenes is 1. The van der Waals surface area contributed by atoms with Crippen LogP contribution < -0.4 is 0 Å². The normalized spacial score (nSPS) is 6.67. The summed E-state index contributed by atoms with van der Waals surface area (Å²) in [7, 11) is 0. The van der Waals surface area contributed by atoms with Crippen LogP contribution in [0.1, 0.15) is 6.42 Å². The second kappa shape index (κ2) is 2.53. The quantitative estimate of drug-likeness (QED) is 0.417. The Balaban J connectivity index is 3.13. The van der Waals surface area contributed by atoms with E-state index in [2.05, 4.69) is 19.4 Å². The Morgan fingerprint density at radius 3 is 2.33 bits per heavy atom. The molecule has 0 saturated heterocycles. The molecule has 0 rings (SSSR count). The van der Waals surface area contributed by atoms with Crippen LogP contribution in [0.4, 0.5) is 0 Å². The van der Waals surface area contributed by atoms with E-state index < -0.39 is 0 Å². The third-order valence-corrected chi connectivity index (χ3v) is 0.352. The lowest BCUT2D eigenvalue weighted by Gasteiger charge is -1.79. The van der Waals surface area contributed by atoms with Crippen LogP contribution in [0.3, 0.4) is 0 Å². The van der Waals surface area contributed by atoms with Crippen molar-refractivity contribution in [3.8, 4) is 12.3 Å². The SMILES string of the molecule is C#CCC([CH2])=C. The zero-order valence-electron chi connectivity index (χ0n) is 3.70. The van der Waals surface area contributed by atoms with Crippen LogP contribution in [0, 0.1) is 19.3 Å². The van der Waals surface area contributed by atoms with Crippen molar-refractivity contribution < 1.29 is 0 Å². The summed E-state index contributed by atoms with van der Waals surface area (Å²) in [6.45, 7) is 6.98. The summed E-state index contributed by atoms with van der Waals surface area (Å²) in [5.41, 5.74) is 0.803. The lowest BCUT2D eigenvalue weighted by molar-refractivity contribution is 1.36. The van der Waals surface area contributed by atoms with Gasteiger partial charge in [-0.3, -0.25) is 0 Å². The summed E-state index contributed by atoms with van der Waals surface area (Å²) < 4.78 is 0. The highest BCUT2D eigenvalue weighted by molar-refractivity contribution is 5.07. The summed E-state index contributed by atoms with van der Waals surface area (Å²) >= 11 is 0. The van der Waals surface area contributed by atoms with E-state index in [0.717, 1.165) is 5.57 Å². The number of rotatable bonds is 1. The molecule has 0 spiro atoms. The lowest BCUT2D eigenvalue weighted by atomic mass is 10.3. The van der Waals surface area contributed by atoms with Crippen molar-refractivity contribution in [3.05, 3.63) is 19.1 Å². The fourth-order valence-corrected chi connectivity index (χ4v) is 0.144. The summed E-state index contributed by atoms with van der Waals surface area (Å²) in [5.74, 6) is 2.41. The first-order valence-corrected chi connectivity index (χ1v) is 1.70. The van der Waals surface area contributed by atoms with Gasteiger partial charge < -0.3 is 0 Å². The first-order valence-electron chi connectivity index (χ1n) is 1.70. The Bertz CT molecular complexity index is 82.7. The molecular weight excluding hydrogens is 72.1 g/mol. The summed E-state index contributed by atoms with van der Waals surface area (Å²) in [5, 5.41) is 0. The molecule has 0 bridgehead atoms. The fraction of sp³-hybridized carbons (Fsp3) is 0.167. The van der Waals surface area contributed by atoms with Gasteiger partial charge in [-0.15, -0.1) is 12.3 Å². The molecule has 0 aromatic heterocycles. The molecule has 0 fully saturated rings. The molecule has 0 heterocycles. The molecule has 0 heteroatoms. The minimum absolute atomic E-state index is 0.597. The molecule has 0 saturated carbocycles. The molecule has 0 N–H and O–H groups in total. The highest BCUT2D eigenvalue weighted by Crippen LogP contribution is 1.88. The van der Waals surface area contributed by atoms with Gasteiger partial charge in [0.1, 0.15) is 0 Å². The van der Waals surface area contributed by atoms with E-state index in [1.54, 1.807) is 0 Å². The van der Waals surface area contributed by atoms with Crippen LogP contribution in [-0.2, 0) is 0 Å². The summed E-state index contributed by atoms with van der Waals surface area (Å²) in [6.07, 6.45) is 5.48. The standard InChI is InChI=1S/C6H7/c1-4-5-6(2)3/h1H,2-3,5H2. The third-order valence-electron chi connectivity index (χ3n) is 0.352. The zero-order valence-corrected chi connectivity index (χ0v) is 3.70. The number of allylic oxidation sites excluding steroid dienone is 1. The average molecular weight is 79.1 g/mol. The average Bonchev–Trinajstić information content (AvgIpc) is 1.35. The molecule has 0 aromatic rings. The number of hydrogen-bond acceptors (Lipinski definition) is 0. The van der Waals surface area contributed by atoms with Gasteiger partial charge in [0.15, 0.2) is 0 Å².